The van der Waals surface area contributed by atoms with Crippen LogP contribution in [0.3, 0.4) is 0 Å². The maximum atomic E-state index is 13.4. The van der Waals surface area contributed by atoms with Gasteiger partial charge >= 0.3 is 0 Å². The highest BCUT2D eigenvalue weighted by Crippen LogP contribution is 2.25. The number of rotatable bonds is 5. The van der Waals surface area contributed by atoms with E-state index in [1.54, 1.807) is 24.7 Å². The Morgan fingerprint density at radius 2 is 1.89 bits per heavy atom. The van der Waals surface area contributed by atoms with Gasteiger partial charge in [0.2, 0.25) is 5.91 Å². The van der Waals surface area contributed by atoms with E-state index >= 15 is 0 Å². The number of amides is 2. The lowest BCUT2D eigenvalue weighted by Crippen LogP contribution is -2.34. The Morgan fingerprint density at radius 1 is 1.22 bits per heavy atom. The fourth-order valence-electron chi connectivity index (χ4n) is 3.07. The molecule has 0 unspecified atom stereocenters. The van der Waals surface area contributed by atoms with E-state index in [4.69, 9.17) is 5.73 Å². The summed E-state index contributed by atoms with van der Waals surface area (Å²) in [6, 6.07) is 7.22. The molecule has 3 rings (SSSR count). The first-order chi connectivity index (χ1) is 12.8. The summed E-state index contributed by atoms with van der Waals surface area (Å²) >= 11 is 0. The molecular formula is C19H20FN5O2. The van der Waals surface area contributed by atoms with Crippen LogP contribution >= 0.6 is 0 Å². The van der Waals surface area contributed by atoms with Gasteiger partial charge in [-0.05, 0) is 44.2 Å². The van der Waals surface area contributed by atoms with Crippen molar-refractivity contribution in [3.63, 3.8) is 0 Å². The molecule has 0 saturated heterocycles. The van der Waals surface area contributed by atoms with Crippen molar-refractivity contribution in [1.82, 2.24) is 14.8 Å². The average Bonchev–Trinajstić information content (AvgIpc) is 2.89. The van der Waals surface area contributed by atoms with Crippen molar-refractivity contribution >= 4 is 28.5 Å². The Hall–Kier alpha value is -3.29. The molecule has 0 atom stereocenters. The maximum Gasteiger partial charge on any atom is 0.259 e. The minimum absolute atomic E-state index is 0.0116. The number of anilines is 1. The van der Waals surface area contributed by atoms with Crippen molar-refractivity contribution in [1.29, 1.82) is 0 Å². The molecule has 0 spiro atoms. The average molecular weight is 369 g/mol. The first-order valence-electron chi connectivity index (χ1n) is 8.44. The van der Waals surface area contributed by atoms with Crippen LogP contribution in [-0.2, 0) is 11.8 Å². The molecule has 0 saturated carbocycles. The molecule has 2 N–H and O–H groups in total. The van der Waals surface area contributed by atoms with Crippen LogP contribution in [0.2, 0.25) is 0 Å². The van der Waals surface area contributed by atoms with E-state index in [-0.39, 0.29) is 18.9 Å². The second-order valence-corrected chi connectivity index (χ2v) is 6.37. The third-order valence-electron chi connectivity index (χ3n) is 4.29. The van der Waals surface area contributed by atoms with Crippen molar-refractivity contribution in [2.24, 2.45) is 12.8 Å². The lowest BCUT2D eigenvalue weighted by Gasteiger charge is -2.23. The highest BCUT2D eigenvalue weighted by molar-refractivity contribution is 6.14. The van der Waals surface area contributed by atoms with Crippen LogP contribution in [0.25, 0.3) is 11.0 Å². The topological polar surface area (TPSA) is 94.1 Å². The number of pyridine rings is 1. The summed E-state index contributed by atoms with van der Waals surface area (Å²) < 4.78 is 14.9. The summed E-state index contributed by atoms with van der Waals surface area (Å²) in [7, 11) is 1.76. The van der Waals surface area contributed by atoms with E-state index in [2.05, 4.69) is 10.1 Å². The Labute approximate surface area is 155 Å². The van der Waals surface area contributed by atoms with Gasteiger partial charge in [0.1, 0.15) is 5.82 Å². The molecule has 0 fully saturated rings. The van der Waals surface area contributed by atoms with Crippen molar-refractivity contribution in [3.05, 3.63) is 53.1 Å². The Morgan fingerprint density at radius 3 is 2.52 bits per heavy atom. The predicted octanol–water partition coefficient (Wildman–Crippen LogP) is 2.25. The van der Waals surface area contributed by atoms with E-state index in [0.29, 0.717) is 33.7 Å². The molecular weight excluding hydrogens is 349 g/mol. The van der Waals surface area contributed by atoms with Gasteiger partial charge in [-0.3, -0.25) is 14.3 Å². The zero-order valence-corrected chi connectivity index (χ0v) is 15.4. The molecule has 27 heavy (non-hydrogen) atoms. The molecule has 0 aliphatic carbocycles. The molecule has 8 heteroatoms. The van der Waals surface area contributed by atoms with Gasteiger partial charge in [0.15, 0.2) is 5.65 Å². The molecule has 7 nitrogen and oxygen atoms in total. The molecule has 0 bridgehead atoms. The SMILES string of the molecule is Cc1cc(C(=O)N(CCC(N)=O)c2ccc(F)cc2)c2c(C)nn(C)c2n1. The lowest BCUT2D eigenvalue weighted by molar-refractivity contribution is -0.117. The van der Waals surface area contributed by atoms with E-state index < -0.39 is 11.7 Å². The predicted molar refractivity (Wildman–Crippen MR) is 99.9 cm³/mol. The third kappa shape index (κ3) is 3.64. The number of primary amides is 1. The van der Waals surface area contributed by atoms with Gasteiger partial charge in [0, 0.05) is 31.4 Å². The number of nitrogens with zero attached hydrogens (tertiary/aromatic N) is 4. The zero-order valence-electron chi connectivity index (χ0n) is 15.4. The molecule has 140 valence electrons. The minimum Gasteiger partial charge on any atom is -0.370 e. The number of nitrogens with two attached hydrogens (primary N) is 1. The molecule has 0 aliphatic heterocycles. The number of benzene rings is 1. The van der Waals surface area contributed by atoms with Gasteiger partial charge in [-0.2, -0.15) is 5.10 Å². The monoisotopic (exact) mass is 369 g/mol. The van der Waals surface area contributed by atoms with Gasteiger partial charge in [0.25, 0.3) is 5.91 Å². The smallest absolute Gasteiger partial charge is 0.259 e. The summed E-state index contributed by atoms with van der Waals surface area (Å²) in [4.78, 5) is 30.5. The second kappa shape index (κ2) is 7.14. The van der Waals surface area contributed by atoms with Gasteiger partial charge < -0.3 is 10.6 Å². The van der Waals surface area contributed by atoms with Gasteiger partial charge in [-0.1, -0.05) is 0 Å². The molecule has 3 aromatic rings. The van der Waals surface area contributed by atoms with Crippen LogP contribution in [0.4, 0.5) is 10.1 Å². The fourth-order valence-corrected chi connectivity index (χ4v) is 3.07. The van der Waals surface area contributed by atoms with Crippen LogP contribution in [0.5, 0.6) is 0 Å². The summed E-state index contributed by atoms with van der Waals surface area (Å²) in [5, 5.41) is 5.00. The maximum absolute atomic E-state index is 13.4. The summed E-state index contributed by atoms with van der Waals surface area (Å²) in [5.41, 5.74) is 8.12. The van der Waals surface area contributed by atoms with Gasteiger partial charge in [-0.25, -0.2) is 9.37 Å². The molecule has 2 aromatic heterocycles. The fraction of sp³-hybridized carbons (Fsp3) is 0.263. The van der Waals surface area contributed by atoms with Gasteiger partial charge in [-0.15, -0.1) is 0 Å². The number of hydrogen-bond acceptors (Lipinski definition) is 4. The van der Waals surface area contributed by atoms with Crippen LogP contribution < -0.4 is 10.6 Å². The largest absolute Gasteiger partial charge is 0.370 e. The summed E-state index contributed by atoms with van der Waals surface area (Å²) in [5.74, 6) is -1.26. The highest BCUT2D eigenvalue weighted by atomic mass is 19.1. The molecule has 1 aromatic carbocycles. The van der Waals surface area contributed by atoms with Crippen LogP contribution in [0, 0.1) is 19.7 Å². The number of fused-ring (bicyclic) bond motifs is 1. The normalized spacial score (nSPS) is 11.0. The van der Waals surface area contributed by atoms with E-state index in [1.807, 2.05) is 6.92 Å². The van der Waals surface area contributed by atoms with E-state index in [0.717, 1.165) is 0 Å². The van der Waals surface area contributed by atoms with Crippen molar-refractivity contribution in [2.75, 3.05) is 11.4 Å². The number of aryl methyl sites for hydroxylation is 3. The number of carbonyl (C=O) groups excluding carboxylic acids is 2. The van der Waals surface area contributed by atoms with Crippen molar-refractivity contribution < 1.29 is 14.0 Å². The highest BCUT2D eigenvalue weighted by Gasteiger charge is 2.24. The van der Waals surface area contributed by atoms with Crippen LogP contribution in [-0.4, -0.2) is 33.1 Å². The van der Waals surface area contributed by atoms with Crippen LogP contribution in [0.1, 0.15) is 28.2 Å². The Bertz CT molecular complexity index is 1030. The van der Waals surface area contributed by atoms with Crippen molar-refractivity contribution in [2.45, 2.75) is 20.3 Å². The Balaban J connectivity index is 2.12. The quantitative estimate of drug-likeness (QED) is 0.746. The second-order valence-electron chi connectivity index (χ2n) is 6.37. The molecule has 2 heterocycles. The number of halogens is 1. The standard InChI is InChI=1S/C19H20FN5O2/c1-11-10-15(17-12(2)23-24(3)18(17)22-11)19(27)25(9-8-16(21)26)14-6-4-13(20)5-7-14/h4-7,10H,8-9H2,1-3H3,(H2,21,26). The Kier molecular flexibility index (Phi) is 4.89. The molecule has 0 radical (unpaired) electrons. The third-order valence-corrected chi connectivity index (χ3v) is 4.29. The first kappa shape index (κ1) is 18.5. The summed E-state index contributed by atoms with van der Waals surface area (Å²) in [6.07, 6.45) is -0.0116. The minimum atomic E-state index is -0.525. The lowest BCUT2D eigenvalue weighted by atomic mass is 10.1. The first-order valence-corrected chi connectivity index (χ1v) is 8.44. The van der Waals surface area contributed by atoms with E-state index in [9.17, 15) is 14.0 Å². The molecule has 2 amide bonds. The zero-order chi connectivity index (χ0) is 19.7. The van der Waals surface area contributed by atoms with Crippen molar-refractivity contribution in [3.8, 4) is 0 Å². The molecule has 0 aliphatic rings. The van der Waals surface area contributed by atoms with E-state index in [1.165, 1.54) is 29.2 Å². The number of carbonyl (C=O) groups is 2. The van der Waals surface area contributed by atoms with Crippen LogP contribution in [0.15, 0.2) is 30.3 Å². The number of hydrogen-bond donors (Lipinski definition) is 1. The number of aromatic nitrogens is 3. The summed E-state index contributed by atoms with van der Waals surface area (Å²) in [6.45, 7) is 3.69. The van der Waals surface area contributed by atoms with Gasteiger partial charge in [0.05, 0.1) is 16.6 Å².